The number of halogens is 1. The van der Waals surface area contributed by atoms with Crippen LogP contribution in [0, 0.1) is 0 Å². The molecule has 8 heteroatoms. The maximum atomic E-state index is 12.5. The molecule has 1 amide bonds. The largest absolute Gasteiger partial charge is 0.465 e. The van der Waals surface area contributed by atoms with Gasteiger partial charge in [-0.1, -0.05) is 41.1 Å². The van der Waals surface area contributed by atoms with E-state index in [0.717, 1.165) is 15.8 Å². The molecule has 1 heterocycles. The zero-order valence-corrected chi connectivity index (χ0v) is 18.2. The summed E-state index contributed by atoms with van der Waals surface area (Å²) in [5.74, 6) is -0.816. The predicted octanol–water partition coefficient (Wildman–Crippen LogP) is 4.32. The Bertz CT molecular complexity index is 1160. The summed E-state index contributed by atoms with van der Waals surface area (Å²) in [5.41, 5.74) is 2.06. The Morgan fingerprint density at radius 3 is 2.77 bits per heavy atom. The summed E-state index contributed by atoms with van der Waals surface area (Å²) < 4.78 is 13.0. The number of carbonyl (C=O) groups excluding carboxylic acids is 2. The third-order valence-corrected chi connectivity index (χ3v) is 5.67. The first-order chi connectivity index (χ1) is 14.5. The average molecular weight is 445 g/mol. The van der Waals surface area contributed by atoms with E-state index in [-0.39, 0.29) is 0 Å². The van der Waals surface area contributed by atoms with Gasteiger partial charge in [-0.15, -0.1) is 0 Å². The number of hydrogen-bond acceptors (Lipinski definition) is 5. The second kappa shape index (κ2) is 10.3. The number of methoxy groups -OCH3 is 1. The zero-order valence-electron chi connectivity index (χ0n) is 16.6. The summed E-state index contributed by atoms with van der Waals surface area (Å²) >= 11 is 7.45. The molecule has 0 aliphatic carbocycles. The van der Waals surface area contributed by atoms with Gasteiger partial charge in [0.1, 0.15) is 0 Å². The fourth-order valence-electron chi connectivity index (χ4n) is 2.82. The predicted molar refractivity (Wildman–Crippen MR) is 119 cm³/mol. The van der Waals surface area contributed by atoms with E-state index in [1.54, 1.807) is 24.3 Å². The van der Waals surface area contributed by atoms with Crippen LogP contribution >= 0.6 is 22.9 Å². The van der Waals surface area contributed by atoms with Crippen molar-refractivity contribution in [1.82, 2.24) is 4.57 Å². The van der Waals surface area contributed by atoms with Gasteiger partial charge in [-0.25, -0.2) is 4.79 Å². The lowest BCUT2D eigenvalue weighted by atomic mass is 10.2. The first-order valence-electron chi connectivity index (χ1n) is 9.34. The van der Waals surface area contributed by atoms with Crippen LogP contribution in [-0.2, 0) is 20.8 Å². The molecule has 156 valence electrons. The second-order valence-corrected chi connectivity index (χ2v) is 7.63. The van der Waals surface area contributed by atoms with Gasteiger partial charge < -0.3 is 14.0 Å². The Balaban J connectivity index is 1.99. The number of esters is 1. The number of rotatable bonds is 7. The first kappa shape index (κ1) is 22.0. The van der Waals surface area contributed by atoms with E-state index >= 15 is 0 Å². The number of hydrogen-bond donors (Lipinski definition) is 0. The third kappa shape index (κ3) is 5.24. The van der Waals surface area contributed by atoms with E-state index in [1.807, 2.05) is 35.8 Å². The summed E-state index contributed by atoms with van der Waals surface area (Å²) in [5, 5.41) is 0.561. The normalized spacial score (nSPS) is 12.0. The average Bonchev–Trinajstić information content (AvgIpc) is 3.09. The standard InChI is InChI=1S/C22H21ClN2O4S/c1-3-29-13-12-25-18-10-8-16(21(27)28-2)14-19(18)30-22(25)24-20(26)11-9-15-6-4-5-7-17(15)23/h4-11,14H,3,12-13H2,1-2H3. The van der Waals surface area contributed by atoms with Crippen LogP contribution in [0.4, 0.5) is 0 Å². The number of nitrogens with zero attached hydrogens (tertiary/aromatic N) is 2. The summed E-state index contributed by atoms with van der Waals surface area (Å²) in [7, 11) is 1.34. The van der Waals surface area contributed by atoms with Gasteiger partial charge in [0.15, 0.2) is 4.80 Å². The monoisotopic (exact) mass is 444 g/mol. The minimum absolute atomic E-state index is 0.403. The highest BCUT2D eigenvalue weighted by Gasteiger charge is 2.12. The van der Waals surface area contributed by atoms with E-state index in [9.17, 15) is 9.59 Å². The lowest BCUT2D eigenvalue weighted by Gasteiger charge is -2.05. The lowest BCUT2D eigenvalue weighted by molar-refractivity contribution is -0.113. The molecule has 0 unspecified atom stereocenters. The van der Waals surface area contributed by atoms with Gasteiger partial charge in [0.25, 0.3) is 5.91 Å². The topological polar surface area (TPSA) is 69.9 Å². The van der Waals surface area contributed by atoms with Crippen LogP contribution < -0.4 is 4.80 Å². The molecule has 0 spiro atoms. The summed E-state index contributed by atoms with van der Waals surface area (Å²) in [6.45, 7) is 3.54. The number of benzene rings is 2. The molecule has 0 aliphatic heterocycles. The van der Waals surface area contributed by atoms with Gasteiger partial charge in [-0.3, -0.25) is 4.79 Å². The smallest absolute Gasteiger partial charge is 0.337 e. The molecule has 0 N–H and O–H groups in total. The molecular weight excluding hydrogens is 424 g/mol. The Morgan fingerprint density at radius 2 is 2.03 bits per heavy atom. The molecule has 1 aromatic heterocycles. The number of fused-ring (bicyclic) bond motifs is 1. The molecule has 0 fully saturated rings. The van der Waals surface area contributed by atoms with Crippen molar-refractivity contribution in [2.75, 3.05) is 20.3 Å². The molecule has 3 aromatic rings. The van der Waals surface area contributed by atoms with Gasteiger partial charge in [-0.2, -0.15) is 4.99 Å². The summed E-state index contributed by atoms with van der Waals surface area (Å²) in [6.07, 6.45) is 3.03. The van der Waals surface area contributed by atoms with Crippen molar-refractivity contribution >= 4 is 51.1 Å². The highest BCUT2D eigenvalue weighted by atomic mass is 35.5. The van der Waals surface area contributed by atoms with Crippen LogP contribution in [0.15, 0.2) is 53.5 Å². The SMILES string of the molecule is CCOCCn1c(=NC(=O)C=Cc2ccccc2Cl)sc2cc(C(=O)OC)ccc21. The maximum Gasteiger partial charge on any atom is 0.337 e. The molecule has 3 rings (SSSR count). The molecule has 0 saturated carbocycles. The Kier molecular flexibility index (Phi) is 7.57. The van der Waals surface area contributed by atoms with Crippen LogP contribution in [-0.4, -0.2) is 36.8 Å². The molecule has 0 bridgehead atoms. The molecule has 30 heavy (non-hydrogen) atoms. The van der Waals surface area contributed by atoms with E-state index < -0.39 is 11.9 Å². The molecule has 0 aliphatic rings. The Hall–Kier alpha value is -2.74. The van der Waals surface area contributed by atoms with E-state index in [4.69, 9.17) is 21.1 Å². The molecule has 2 aromatic carbocycles. The highest BCUT2D eigenvalue weighted by Crippen LogP contribution is 2.20. The van der Waals surface area contributed by atoms with Gasteiger partial charge >= 0.3 is 5.97 Å². The van der Waals surface area contributed by atoms with E-state index in [2.05, 4.69) is 4.99 Å². The van der Waals surface area contributed by atoms with Gasteiger partial charge in [-0.05, 0) is 42.8 Å². The van der Waals surface area contributed by atoms with Crippen LogP contribution in [0.5, 0.6) is 0 Å². The van der Waals surface area contributed by atoms with Crippen molar-refractivity contribution in [2.24, 2.45) is 4.99 Å². The molecule has 6 nitrogen and oxygen atoms in total. The number of aromatic nitrogens is 1. The minimum Gasteiger partial charge on any atom is -0.465 e. The first-order valence-corrected chi connectivity index (χ1v) is 10.5. The van der Waals surface area contributed by atoms with Crippen molar-refractivity contribution in [3.05, 3.63) is 69.5 Å². The number of ether oxygens (including phenoxy) is 2. The quantitative estimate of drug-likeness (QED) is 0.309. The molecular formula is C22H21ClN2O4S. The van der Waals surface area contributed by atoms with Crippen molar-refractivity contribution < 1.29 is 19.1 Å². The Labute approximate surface area is 183 Å². The Morgan fingerprint density at radius 1 is 1.23 bits per heavy atom. The van der Waals surface area contributed by atoms with Gasteiger partial charge in [0.05, 0.1) is 29.5 Å². The van der Waals surface area contributed by atoms with Crippen molar-refractivity contribution in [3.8, 4) is 0 Å². The van der Waals surface area contributed by atoms with Crippen molar-refractivity contribution in [1.29, 1.82) is 0 Å². The number of thiazole rings is 1. The van der Waals surface area contributed by atoms with Crippen LogP contribution in [0.3, 0.4) is 0 Å². The van der Waals surface area contributed by atoms with E-state index in [1.165, 1.54) is 24.5 Å². The van der Waals surface area contributed by atoms with Crippen molar-refractivity contribution in [2.45, 2.75) is 13.5 Å². The highest BCUT2D eigenvalue weighted by molar-refractivity contribution is 7.16. The van der Waals surface area contributed by atoms with Crippen LogP contribution in [0.1, 0.15) is 22.8 Å². The van der Waals surface area contributed by atoms with Crippen LogP contribution in [0.25, 0.3) is 16.3 Å². The fourth-order valence-corrected chi connectivity index (χ4v) is 4.12. The summed E-state index contributed by atoms with van der Waals surface area (Å²) in [4.78, 5) is 29.1. The lowest BCUT2D eigenvalue weighted by Crippen LogP contribution is -2.19. The molecule has 0 radical (unpaired) electrons. The maximum absolute atomic E-state index is 12.5. The zero-order chi connectivity index (χ0) is 21.5. The third-order valence-electron chi connectivity index (χ3n) is 4.28. The summed E-state index contributed by atoms with van der Waals surface area (Å²) in [6, 6.07) is 12.5. The fraction of sp³-hybridized carbons (Fsp3) is 0.227. The minimum atomic E-state index is -0.414. The molecule has 0 atom stereocenters. The van der Waals surface area contributed by atoms with E-state index in [0.29, 0.717) is 35.1 Å². The second-order valence-electron chi connectivity index (χ2n) is 6.21. The number of amides is 1. The van der Waals surface area contributed by atoms with Crippen LogP contribution in [0.2, 0.25) is 5.02 Å². The van der Waals surface area contributed by atoms with Crippen molar-refractivity contribution in [3.63, 3.8) is 0 Å². The molecule has 0 saturated heterocycles. The van der Waals surface area contributed by atoms with Gasteiger partial charge in [0.2, 0.25) is 0 Å². The number of carbonyl (C=O) groups is 2. The van der Waals surface area contributed by atoms with Gasteiger partial charge in [0, 0.05) is 24.3 Å².